The molecule has 4 N–H and O–H groups in total. The van der Waals surface area contributed by atoms with Crippen LogP contribution in [0, 0.1) is 0 Å². The van der Waals surface area contributed by atoms with E-state index in [1.807, 2.05) is 18.2 Å². The highest BCUT2D eigenvalue weighted by molar-refractivity contribution is 6.42. The molecule has 1 amide bonds. The minimum Gasteiger partial charge on any atom is -0.362 e. The molecule has 4 rings (SSSR count). The molecule has 3 aromatic heterocycles. The molecule has 6 nitrogen and oxygen atoms in total. The van der Waals surface area contributed by atoms with Crippen molar-refractivity contribution in [2.75, 3.05) is 6.54 Å². The summed E-state index contributed by atoms with van der Waals surface area (Å²) in [7, 11) is 0. The number of rotatable bonds is 0. The van der Waals surface area contributed by atoms with Gasteiger partial charge in [-0.3, -0.25) is 9.59 Å². The molecular formula is C18H18N4O2. The molecule has 1 aliphatic heterocycles. The van der Waals surface area contributed by atoms with E-state index in [-0.39, 0.29) is 0 Å². The van der Waals surface area contributed by atoms with E-state index in [0.717, 1.165) is 34.9 Å². The van der Waals surface area contributed by atoms with Crippen molar-refractivity contribution in [3.8, 4) is 0 Å². The van der Waals surface area contributed by atoms with Gasteiger partial charge in [-0.15, -0.1) is 0 Å². The molecule has 4 heterocycles. The number of fused-ring (bicyclic) bond motifs is 6. The van der Waals surface area contributed by atoms with Crippen molar-refractivity contribution >= 4 is 11.7 Å². The van der Waals surface area contributed by atoms with Gasteiger partial charge in [-0.25, -0.2) is 0 Å². The smallest absolute Gasteiger partial charge is 0.293 e. The van der Waals surface area contributed by atoms with Crippen LogP contribution in [0.3, 0.4) is 0 Å². The fourth-order valence-corrected chi connectivity index (χ4v) is 3.04. The van der Waals surface area contributed by atoms with Crippen molar-refractivity contribution in [2.45, 2.75) is 19.3 Å². The van der Waals surface area contributed by atoms with Crippen LogP contribution in [0.4, 0.5) is 0 Å². The van der Waals surface area contributed by atoms with Crippen LogP contribution in [0.2, 0.25) is 0 Å². The maximum atomic E-state index is 12.2. The fraction of sp³-hybridized carbons (Fsp3) is 0.222. The maximum Gasteiger partial charge on any atom is 0.293 e. The number of Topliss-reactive ketones (excluding diaryl/α,β-unsaturated/α-hetero) is 1. The Morgan fingerprint density at radius 1 is 0.667 bits per heavy atom. The van der Waals surface area contributed by atoms with E-state index in [1.54, 1.807) is 6.07 Å². The van der Waals surface area contributed by atoms with Gasteiger partial charge in [-0.2, -0.15) is 0 Å². The number of carbonyl (C=O) groups excluding carboxylic acids is 2. The summed E-state index contributed by atoms with van der Waals surface area (Å²) in [6.45, 7) is 0.421. The minimum absolute atomic E-state index is 0.323. The molecular weight excluding hydrogens is 304 g/mol. The van der Waals surface area contributed by atoms with Gasteiger partial charge in [-0.05, 0) is 36.4 Å². The third-order valence-electron chi connectivity index (χ3n) is 4.25. The van der Waals surface area contributed by atoms with Crippen molar-refractivity contribution < 1.29 is 9.59 Å². The van der Waals surface area contributed by atoms with E-state index in [2.05, 4.69) is 32.4 Å². The van der Waals surface area contributed by atoms with Crippen molar-refractivity contribution in [1.29, 1.82) is 0 Å². The number of amides is 1. The number of aromatic amines is 3. The average molecular weight is 322 g/mol. The van der Waals surface area contributed by atoms with Gasteiger partial charge in [0.1, 0.15) is 0 Å². The normalized spacial score (nSPS) is 15.3. The molecule has 1 aliphatic rings. The molecule has 6 heteroatoms. The van der Waals surface area contributed by atoms with Crippen molar-refractivity contribution in [1.82, 2.24) is 20.3 Å². The monoisotopic (exact) mass is 322 g/mol. The first-order valence-corrected chi connectivity index (χ1v) is 8.01. The van der Waals surface area contributed by atoms with Crippen LogP contribution >= 0.6 is 0 Å². The average Bonchev–Trinajstić information content (AvgIpc) is 3.29. The SMILES string of the molecule is O=C1NCCc2ccc([nH]2)Cc2ccc([nH]2)Cc2ccc([nH]2)C1=O. The predicted octanol–water partition coefficient (Wildman–Crippen LogP) is 1.71. The number of aromatic nitrogens is 3. The number of ketones is 1. The molecule has 0 spiro atoms. The van der Waals surface area contributed by atoms with Crippen LogP contribution in [0.15, 0.2) is 36.4 Å². The van der Waals surface area contributed by atoms with Gasteiger partial charge in [0.05, 0.1) is 5.69 Å². The first-order chi connectivity index (χ1) is 11.7. The molecule has 0 fully saturated rings. The molecule has 3 aromatic rings. The minimum atomic E-state index is -0.579. The topological polar surface area (TPSA) is 93.5 Å². The zero-order valence-electron chi connectivity index (χ0n) is 13.1. The summed E-state index contributed by atoms with van der Waals surface area (Å²) >= 11 is 0. The van der Waals surface area contributed by atoms with Crippen molar-refractivity contribution in [2.24, 2.45) is 0 Å². The third kappa shape index (κ3) is 2.90. The molecule has 0 aliphatic carbocycles. The Labute approximate surface area is 138 Å². The summed E-state index contributed by atoms with van der Waals surface area (Å²) in [6.07, 6.45) is 2.12. The Hall–Kier alpha value is -3.02. The Balaban J connectivity index is 1.66. The van der Waals surface area contributed by atoms with Gasteiger partial charge < -0.3 is 20.3 Å². The molecule has 0 aromatic carbocycles. The van der Waals surface area contributed by atoms with Gasteiger partial charge in [0.25, 0.3) is 11.7 Å². The van der Waals surface area contributed by atoms with E-state index in [0.29, 0.717) is 25.1 Å². The zero-order chi connectivity index (χ0) is 16.5. The van der Waals surface area contributed by atoms with Crippen LogP contribution in [-0.2, 0) is 24.1 Å². The quantitative estimate of drug-likeness (QED) is 0.474. The summed E-state index contributed by atoms with van der Waals surface area (Å²) < 4.78 is 0. The summed E-state index contributed by atoms with van der Waals surface area (Å²) in [6, 6.07) is 11.7. The second-order valence-electron chi connectivity index (χ2n) is 6.10. The summed E-state index contributed by atoms with van der Waals surface area (Å²) in [5.74, 6) is -1.11. The van der Waals surface area contributed by atoms with Crippen LogP contribution in [0.5, 0.6) is 0 Å². The number of hydrogen-bond acceptors (Lipinski definition) is 2. The van der Waals surface area contributed by atoms with E-state index < -0.39 is 11.7 Å². The van der Waals surface area contributed by atoms with Gasteiger partial charge >= 0.3 is 0 Å². The lowest BCUT2D eigenvalue weighted by Gasteiger charge is -2.04. The lowest BCUT2D eigenvalue weighted by atomic mass is 10.2. The lowest BCUT2D eigenvalue weighted by molar-refractivity contribution is -0.117. The largest absolute Gasteiger partial charge is 0.362 e. The van der Waals surface area contributed by atoms with Crippen molar-refractivity contribution in [3.63, 3.8) is 0 Å². The molecule has 24 heavy (non-hydrogen) atoms. The first-order valence-electron chi connectivity index (χ1n) is 8.01. The van der Waals surface area contributed by atoms with Crippen LogP contribution in [-0.4, -0.2) is 33.2 Å². The summed E-state index contributed by atoms with van der Waals surface area (Å²) in [5, 5.41) is 2.68. The van der Waals surface area contributed by atoms with Crippen LogP contribution < -0.4 is 5.32 Å². The molecule has 0 saturated heterocycles. The van der Waals surface area contributed by atoms with Gasteiger partial charge in [0, 0.05) is 54.3 Å². The van der Waals surface area contributed by atoms with E-state index in [1.165, 1.54) is 0 Å². The molecule has 6 bridgehead atoms. The predicted molar refractivity (Wildman–Crippen MR) is 89.0 cm³/mol. The highest BCUT2D eigenvalue weighted by atomic mass is 16.2. The van der Waals surface area contributed by atoms with Gasteiger partial charge in [0.15, 0.2) is 0 Å². The second kappa shape index (κ2) is 5.88. The standard InChI is InChI=1S/C18H18N4O2/c23-17-16-6-5-15(22-16)10-14-4-3-13(21-14)9-12-2-1-11(20-12)7-8-19-18(17)24/h1-6,20-22H,7-10H2,(H,19,24). The van der Waals surface area contributed by atoms with E-state index in [9.17, 15) is 9.59 Å². The zero-order valence-corrected chi connectivity index (χ0v) is 13.1. The lowest BCUT2D eigenvalue weighted by Crippen LogP contribution is -2.32. The Bertz CT molecular complexity index is 900. The third-order valence-corrected chi connectivity index (χ3v) is 4.25. The first kappa shape index (κ1) is 14.6. The number of nitrogens with one attached hydrogen (secondary N) is 4. The van der Waals surface area contributed by atoms with Crippen molar-refractivity contribution in [3.05, 3.63) is 70.6 Å². The van der Waals surface area contributed by atoms with Crippen LogP contribution in [0.1, 0.15) is 39.0 Å². The highest BCUT2D eigenvalue weighted by Crippen LogP contribution is 2.14. The highest BCUT2D eigenvalue weighted by Gasteiger charge is 2.18. The van der Waals surface area contributed by atoms with Crippen LogP contribution in [0.25, 0.3) is 0 Å². The maximum absolute atomic E-state index is 12.2. The van der Waals surface area contributed by atoms with E-state index >= 15 is 0 Å². The second-order valence-corrected chi connectivity index (χ2v) is 6.10. The molecule has 0 radical (unpaired) electrons. The fourth-order valence-electron chi connectivity index (χ4n) is 3.04. The Kier molecular flexibility index (Phi) is 3.57. The summed E-state index contributed by atoms with van der Waals surface area (Å²) in [4.78, 5) is 33.9. The molecule has 0 saturated carbocycles. The number of H-pyrrole nitrogens is 3. The molecule has 122 valence electrons. The van der Waals surface area contributed by atoms with E-state index in [4.69, 9.17) is 0 Å². The number of hydrogen-bond donors (Lipinski definition) is 4. The van der Waals surface area contributed by atoms with Gasteiger partial charge in [-0.1, -0.05) is 0 Å². The molecule has 0 unspecified atom stereocenters. The Morgan fingerprint density at radius 2 is 1.21 bits per heavy atom. The summed E-state index contributed by atoms with van der Waals surface area (Å²) in [5.41, 5.74) is 5.59. The number of carbonyl (C=O) groups is 2. The molecule has 0 atom stereocenters. The van der Waals surface area contributed by atoms with Gasteiger partial charge in [0.2, 0.25) is 0 Å². The Morgan fingerprint density at radius 3 is 1.92 bits per heavy atom.